The largest absolute Gasteiger partial charge is 0.383 e. The third-order valence-corrected chi connectivity index (χ3v) is 5.36. The molecule has 2 aromatic heterocycles. The predicted molar refractivity (Wildman–Crippen MR) is 107 cm³/mol. The van der Waals surface area contributed by atoms with Crippen LogP contribution in [0.5, 0.6) is 0 Å². The van der Waals surface area contributed by atoms with Gasteiger partial charge in [-0.25, -0.2) is 4.98 Å². The molecule has 0 spiro atoms. The van der Waals surface area contributed by atoms with E-state index in [0.29, 0.717) is 23.9 Å². The van der Waals surface area contributed by atoms with E-state index in [-0.39, 0.29) is 23.7 Å². The zero-order valence-corrected chi connectivity index (χ0v) is 16.1. The molecule has 0 radical (unpaired) electrons. The molecule has 3 rings (SSSR count). The maximum Gasteiger partial charge on any atom is 0.255 e. The Morgan fingerprint density at radius 2 is 1.86 bits per heavy atom. The van der Waals surface area contributed by atoms with Gasteiger partial charge in [0.15, 0.2) is 0 Å². The van der Waals surface area contributed by atoms with Crippen LogP contribution in [0.1, 0.15) is 54.7 Å². The summed E-state index contributed by atoms with van der Waals surface area (Å²) in [6.07, 6.45) is 7.29. The maximum atomic E-state index is 12.3. The van der Waals surface area contributed by atoms with Crippen LogP contribution in [-0.4, -0.2) is 28.3 Å². The van der Waals surface area contributed by atoms with Crippen molar-refractivity contribution in [2.75, 3.05) is 12.3 Å². The Morgan fingerprint density at radius 1 is 1.11 bits per heavy atom. The number of nitrogen functional groups attached to an aromatic ring is 1. The summed E-state index contributed by atoms with van der Waals surface area (Å²) in [5.41, 5.74) is 7.08. The fraction of sp³-hybridized carbons (Fsp3) is 0.429. The smallest absolute Gasteiger partial charge is 0.255 e. The second kappa shape index (κ2) is 9.30. The number of pyridine rings is 2. The second-order valence-electron chi connectivity index (χ2n) is 7.36. The highest BCUT2D eigenvalue weighted by molar-refractivity contribution is 5.98. The summed E-state index contributed by atoms with van der Waals surface area (Å²) in [5.74, 6) is 0.785. The SMILES string of the molecule is CC(=O)N[C@@H](c1ccccn1)C1CCC(CNC(=O)c2cccnc2N)CC1. The molecule has 148 valence electrons. The lowest BCUT2D eigenvalue weighted by molar-refractivity contribution is -0.120. The Labute approximate surface area is 165 Å². The van der Waals surface area contributed by atoms with E-state index in [4.69, 9.17) is 5.73 Å². The highest BCUT2D eigenvalue weighted by Gasteiger charge is 2.30. The summed E-state index contributed by atoms with van der Waals surface area (Å²) in [5, 5.41) is 6.04. The monoisotopic (exact) mass is 381 g/mol. The minimum atomic E-state index is -0.183. The summed E-state index contributed by atoms with van der Waals surface area (Å²) < 4.78 is 0. The van der Waals surface area contributed by atoms with Crippen LogP contribution < -0.4 is 16.4 Å². The molecule has 0 saturated heterocycles. The molecule has 1 atom stereocenters. The number of aromatic nitrogens is 2. The maximum absolute atomic E-state index is 12.3. The van der Waals surface area contributed by atoms with Crippen LogP contribution in [0.15, 0.2) is 42.7 Å². The fourth-order valence-electron chi connectivity index (χ4n) is 3.88. The summed E-state index contributed by atoms with van der Waals surface area (Å²) in [6, 6.07) is 9.11. The van der Waals surface area contributed by atoms with E-state index in [2.05, 4.69) is 20.6 Å². The molecule has 1 aliphatic carbocycles. The van der Waals surface area contributed by atoms with Crippen molar-refractivity contribution in [3.8, 4) is 0 Å². The van der Waals surface area contributed by atoms with E-state index in [9.17, 15) is 9.59 Å². The van der Waals surface area contributed by atoms with Gasteiger partial charge in [0.1, 0.15) is 5.82 Å². The van der Waals surface area contributed by atoms with Crippen molar-refractivity contribution in [2.45, 2.75) is 38.6 Å². The molecular weight excluding hydrogens is 354 g/mol. The number of amides is 2. The average molecular weight is 381 g/mol. The summed E-state index contributed by atoms with van der Waals surface area (Å²) in [6.45, 7) is 2.16. The van der Waals surface area contributed by atoms with E-state index in [1.54, 1.807) is 31.5 Å². The van der Waals surface area contributed by atoms with E-state index in [0.717, 1.165) is 31.4 Å². The minimum Gasteiger partial charge on any atom is -0.383 e. The normalized spacial score (nSPS) is 20.2. The van der Waals surface area contributed by atoms with Crippen molar-refractivity contribution in [3.63, 3.8) is 0 Å². The van der Waals surface area contributed by atoms with E-state index < -0.39 is 0 Å². The Kier molecular flexibility index (Phi) is 6.57. The zero-order chi connectivity index (χ0) is 19.9. The van der Waals surface area contributed by atoms with Crippen LogP contribution in [0.2, 0.25) is 0 Å². The molecule has 2 aromatic rings. The van der Waals surface area contributed by atoms with E-state index in [1.807, 2.05) is 18.2 Å². The first-order valence-corrected chi connectivity index (χ1v) is 9.71. The molecule has 0 aliphatic heterocycles. The van der Waals surface area contributed by atoms with Crippen molar-refractivity contribution in [1.29, 1.82) is 0 Å². The van der Waals surface area contributed by atoms with E-state index in [1.165, 1.54) is 0 Å². The van der Waals surface area contributed by atoms with Gasteiger partial charge in [-0.05, 0) is 61.8 Å². The quantitative estimate of drug-likeness (QED) is 0.712. The molecule has 7 nitrogen and oxygen atoms in total. The molecule has 28 heavy (non-hydrogen) atoms. The molecule has 0 bridgehead atoms. The first-order chi connectivity index (χ1) is 13.5. The standard InChI is InChI=1S/C21H27N5O2/c1-14(27)26-19(18-6-2-3-11-23-18)16-9-7-15(8-10-16)13-25-21(28)17-5-4-12-24-20(17)22/h2-6,11-12,15-16,19H,7-10,13H2,1H3,(H2,22,24)(H,25,28)(H,26,27)/t15?,16?,19-/m1/s1. The van der Waals surface area contributed by atoms with Gasteiger partial charge in [-0.1, -0.05) is 6.07 Å². The molecule has 2 amide bonds. The van der Waals surface area contributed by atoms with Gasteiger partial charge in [-0.15, -0.1) is 0 Å². The highest BCUT2D eigenvalue weighted by atomic mass is 16.2. The molecule has 1 fully saturated rings. The first kappa shape index (κ1) is 19.8. The summed E-state index contributed by atoms with van der Waals surface area (Å²) in [4.78, 5) is 32.4. The number of nitrogens with two attached hydrogens (primary N) is 1. The summed E-state index contributed by atoms with van der Waals surface area (Å²) in [7, 11) is 0. The Morgan fingerprint density at radius 3 is 2.50 bits per heavy atom. The van der Waals surface area contributed by atoms with Crippen LogP contribution in [0.25, 0.3) is 0 Å². The topological polar surface area (TPSA) is 110 Å². The molecule has 2 heterocycles. The third-order valence-electron chi connectivity index (χ3n) is 5.36. The molecule has 0 aromatic carbocycles. The molecule has 7 heteroatoms. The van der Waals surface area contributed by atoms with Crippen molar-refractivity contribution in [3.05, 3.63) is 54.0 Å². The number of hydrogen-bond donors (Lipinski definition) is 3. The Bertz CT molecular complexity index is 803. The van der Waals surface area contributed by atoms with Crippen LogP contribution in [0, 0.1) is 11.8 Å². The molecular formula is C21H27N5O2. The van der Waals surface area contributed by atoms with Gasteiger partial charge in [0.05, 0.1) is 17.3 Å². The Balaban J connectivity index is 1.54. The van der Waals surface area contributed by atoms with Crippen LogP contribution >= 0.6 is 0 Å². The zero-order valence-electron chi connectivity index (χ0n) is 16.1. The minimum absolute atomic E-state index is 0.0425. The second-order valence-corrected chi connectivity index (χ2v) is 7.36. The third kappa shape index (κ3) is 5.06. The van der Waals surface area contributed by atoms with Crippen molar-refractivity contribution in [1.82, 2.24) is 20.6 Å². The van der Waals surface area contributed by atoms with E-state index >= 15 is 0 Å². The number of rotatable bonds is 6. The van der Waals surface area contributed by atoms with Gasteiger partial charge < -0.3 is 16.4 Å². The van der Waals surface area contributed by atoms with Gasteiger partial charge in [-0.3, -0.25) is 14.6 Å². The number of anilines is 1. The highest BCUT2D eigenvalue weighted by Crippen LogP contribution is 2.36. The number of hydrogen-bond acceptors (Lipinski definition) is 5. The van der Waals surface area contributed by atoms with Crippen LogP contribution in [0.3, 0.4) is 0 Å². The van der Waals surface area contributed by atoms with Crippen molar-refractivity contribution < 1.29 is 9.59 Å². The van der Waals surface area contributed by atoms with Crippen LogP contribution in [-0.2, 0) is 4.79 Å². The summed E-state index contributed by atoms with van der Waals surface area (Å²) >= 11 is 0. The molecule has 0 unspecified atom stereocenters. The van der Waals surface area contributed by atoms with Crippen molar-refractivity contribution >= 4 is 17.6 Å². The number of nitrogens with one attached hydrogen (secondary N) is 2. The Hall–Kier alpha value is -2.96. The average Bonchev–Trinajstić information content (AvgIpc) is 2.71. The fourth-order valence-corrected chi connectivity index (χ4v) is 3.88. The first-order valence-electron chi connectivity index (χ1n) is 9.71. The number of nitrogens with zero attached hydrogens (tertiary/aromatic N) is 2. The van der Waals surface area contributed by atoms with Gasteiger partial charge in [-0.2, -0.15) is 0 Å². The lowest BCUT2D eigenvalue weighted by Crippen LogP contribution is -2.36. The predicted octanol–water partition coefficient (Wildman–Crippen LogP) is 2.47. The molecule has 1 aliphatic rings. The van der Waals surface area contributed by atoms with Crippen molar-refractivity contribution in [2.24, 2.45) is 11.8 Å². The van der Waals surface area contributed by atoms with Crippen LogP contribution in [0.4, 0.5) is 5.82 Å². The number of carbonyl (C=O) groups excluding carboxylic acids is 2. The van der Waals surface area contributed by atoms with Gasteiger partial charge >= 0.3 is 0 Å². The lowest BCUT2D eigenvalue weighted by Gasteiger charge is -2.34. The number of carbonyl (C=O) groups is 2. The van der Waals surface area contributed by atoms with Gasteiger partial charge in [0.25, 0.3) is 5.91 Å². The molecule has 4 N–H and O–H groups in total. The van der Waals surface area contributed by atoms with Gasteiger partial charge in [0, 0.05) is 25.9 Å². The lowest BCUT2D eigenvalue weighted by atomic mass is 9.77. The van der Waals surface area contributed by atoms with Gasteiger partial charge in [0.2, 0.25) is 5.91 Å². The molecule has 1 saturated carbocycles.